The van der Waals surface area contributed by atoms with E-state index in [9.17, 15) is 9.18 Å². The number of aromatic nitrogens is 2. The first-order valence-electron chi connectivity index (χ1n) is 8.62. The summed E-state index contributed by atoms with van der Waals surface area (Å²) in [5.74, 6) is 0.251. The van der Waals surface area contributed by atoms with Gasteiger partial charge in [-0.25, -0.2) is 4.39 Å². The molecule has 1 aromatic carbocycles. The van der Waals surface area contributed by atoms with E-state index in [0.29, 0.717) is 17.2 Å². The Bertz CT molecular complexity index is 720. The number of morpholine rings is 1. The molecule has 1 amide bonds. The predicted octanol–water partition coefficient (Wildman–Crippen LogP) is 1.54. The molecule has 0 bridgehead atoms. The Morgan fingerprint density at radius 2 is 1.85 bits per heavy atom. The van der Waals surface area contributed by atoms with Gasteiger partial charge in [0.25, 0.3) is 0 Å². The molecule has 0 saturated carbocycles. The molecule has 2 N–H and O–H groups in total. The normalized spacial score (nSPS) is 14.8. The number of benzene rings is 1. The van der Waals surface area contributed by atoms with Crippen molar-refractivity contribution < 1.29 is 13.9 Å². The minimum atomic E-state index is -0.395. The fraction of sp³-hybridized carbons (Fsp3) is 0.389. The third-order valence-corrected chi connectivity index (χ3v) is 4.08. The lowest BCUT2D eigenvalue weighted by atomic mass is 10.1. The molecule has 0 unspecified atom stereocenters. The van der Waals surface area contributed by atoms with E-state index in [1.807, 2.05) is 0 Å². The average Bonchev–Trinajstić information content (AvgIpc) is 2.66. The fourth-order valence-electron chi connectivity index (χ4n) is 2.66. The van der Waals surface area contributed by atoms with Gasteiger partial charge in [0.1, 0.15) is 11.6 Å². The summed E-state index contributed by atoms with van der Waals surface area (Å²) >= 11 is 0. The molecule has 8 heteroatoms. The van der Waals surface area contributed by atoms with Crippen molar-refractivity contribution in [1.29, 1.82) is 0 Å². The van der Waals surface area contributed by atoms with Crippen molar-refractivity contribution in [2.45, 2.75) is 6.42 Å². The highest BCUT2D eigenvalue weighted by Gasteiger charge is 2.10. The van der Waals surface area contributed by atoms with Crippen molar-refractivity contribution in [3.05, 3.63) is 47.8 Å². The van der Waals surface area contributed by atoms with E-state index in [1.165, 1.54) is 6.07 Å². The van der Waals surface area contributed by atoms with Crippen molar-refractivity contribution in [2.75, 3.05) is 50.0 Å². The molecule has 2 heterocycles. The van der Waals surface area contributed by atoms with Crippen molar-refractivity contribution in [3.63, 3.8) is 0 Å². The highest BCUT2D eigenvalue weighted by Crippen LogP contribution is 2.10. The molecule has 7 nitrogen and oxygen atoms in total. The van der Waals surface area contributed by atoms with Gasteiger partial charge in [0, 0.05) is 26.2 Å². The van der Waals surface area contributed by atoms with Gasteiger partial charge in [-0.1, -0.05) is 18.2 Å². The highest BCUT2D eigenvalue weighted by molar-refractivity contribution is 5.91. The molecule has 26 heavy (non-hydrogen) atoms. The number of carbonyl (C=O) groups excluding carboxylic acids is 1. The molecular weight excluding hydrogens is 337 g/mol. The molecule has 1 aliphatic heterocycles. The zero-order chi connectivity index (χ0) is 18.2. The first kappa shape index (κ1) is 18.2. The Morgan fingerprint density at radius 1 is 1.12 bits per heavy atom. The second-order valence-electron chi connectivity index (χ2n) is 6.00. The minimum Gasteiger partial charge on any atom is -0.379 e. The van der Waals surface area contributed by atoms with Crippen LogP contribution in [0.1, 0.15) is 5.56 Å². The van der Waals surface area contributed by atoms with Crippen LogP contribution in [0.5, 0.6) is 0 Å². The van der Waals surface area contributed by atoms with Crippen LogP contribution in [0.15, 0.2) is 36.4 Å². The van der Waals surface area contributed by atoms with Gasteiger partial charge in [-0.3, -0.25) is 9.69 Å². The van der Waals surface area contributed by atoms with E-state index < -0.39 is 5.82 Å². The summed E-state index contributed by atoms with van der Waals surface area (Å²) < 4.78 is 18.9. The van der Waals surface area contributed by atoms with Gasteiger partial charge in [-0.2, -0.15) is 0 Å². The molecular formula is C18H22FN5O2. The average molecular weight is 359 g/mol. The zero-order valence-electron chi connectivity index (χ0n) is 14.4. The number of nitrogens with zero attached hydrogens (tertiary/aromatic N) is 3. The number of amides is 1. The van der Waals surface area contributed by atoms with Crippen LogP contribution in [0.4, 0.5) is 16.0 Å². The maximum atomic E-state index is 13.6. The second kappa shape index (κ2) is 9.21. The van der Waals surface area contributed by atoms with Crippen LogP contribution < -0.4 is 10.6 Å². The van der Waals surface area contributed by atoms with Gasteiger partial charge in [0.05, 0.1) is 19.6 Å². The lowest BCUT2D eigenvalue weighted by molar-refractivity contribution is -0.115. The van der Waals surface area contributed by atoms with Crippen LogP contribution in [-0.4, -0.2) is 60.4 Å². The van der Waals surface area contributed by atoms with Gasteiger partial charge in [0.2, 0.25) is 5.91 Å². The molecule has 2 aromatic rings. The summed E-state index contributed by atoms with van der Waals surface area (Å²) in [7, 11) is 0. The monoisotopic (exact) mass is 359 g/mol. The number of ether oxygens (including phenoxy) is 1. The molecule has 1 saturated heterocycles. The maximum absolute atomic E-state index is 13.6. The number of anilines is 2. The SMILES string of the molecule is O=C(Cc1ccccc1F)Nc1ccc(NCCN2CCOCC2)nn1. The van der Waals surface area contributed by atoms with Crippen LogP contribution in [-0.2, 0) is 16.0 Å². The van der Waals surface area contributed by atoms with Gasteiger partial charge in [-0.05, 0) is 23.8 Å². The summed E-state index contributed by atoms with van der Waals surface area (Å²) in [6.45, 7) is 5.11. The van der Waals surface area contributed by atoms with Crippen LogP contribution in [0.2, 0.25) is 0 Å². The number of halogens is 1. The van der Waals surface area contributed by atoms with Crippen LogP contribution >= 0.6 is 0 Å². The lowest BCUT2D eigenvalue weighted by Crippen LogP contribution is -2.39. The first-order chi connectivity index (χ1) is 12.7. The lowest BCUT2D eigenvalue weighted by Gasteiger charge is -2.26. The van der Waals surface area contributed by atoms with Crippen molar-refractivity contribution >= 4 is 17.5 Å². The van der Waals surface area contributed by atoms with E-state index in [0.717, 1.165) is 39.4 Å². The molecule has 0 spiro atoms. The number of hydrogen-bond acceptors (Lipinski definition) is 6. The molecule has 1 aromatic heterocycles. The third kappa shape index (κ3) is 5.47. The Kier molecular flexibility index (Phi) is 6.45. The number of nitrogens with one attached hydrogen (secondary N) is 2. The molecule has 138 valence electrons. The van der Waals surface area contributed by atoms with Gasteiger partial charge in [-0.15, -0.1) is 10.2 Å². The maximum Gasteiger partial charge on any atom is 0.230 e. The van der Waals surface area contributed by atoms with Gasteiger partial charge >= 0.3 is 0 Å². The van der Waals surface area contributed by atoms with E-state index in [-0.39, 0.29) is 12.3 Å². The topological polar surface area (TPSA) is 79.4 Å². The number of carbonyl (C=O) groups is 1. The third-order valence-electron chi connectivity index (χ3n) is 4.08. The minimum absolute atomic E-state index is 0.0477. The van der Waals surface area contributed by atoms with E-state index in [2.05, 4.69) is 25.7 Å². The standard InChI is InChI=1S/C18H22FN5O2/c19-15-4-2-1-3-14(15)13-18(25)21-17-6-5-16(22-23-17)20-7-8-24-9-11-26-12-10-24/h1-6H,7-13H2,(H,20,22)(H,21,23,25). The molecule has 1 fully saturated rings. The smallest absolute Gasteiger partial charge is 0.230 e. The van der Waals surface area contributed by atoms with Gasteiger partial charge in [0.15, 0.2) is 5.82 Å². The van der Waals surface area contributed by atoms with Crippen molar-refractivity contribution in [1.82, 2.24) is 15.1 Å². The van der Waals surface area contributed by atoms with Crippen LogP contribution in [0.3, 0.4) is 0 Å². The Labute approximate surface area is 151 Å². The summed E-state index contributed by atoms with van der Waals surface area (Å²) in [5, 5.41) is 13.8. The Hall–Kier alpha value is -2.58. The number of rotatable bonds is 7. The first-order valence-corrected chi connectivity index (χ1v) is 8.62. The highest BCUT2D eigenvalue weighted by atomic mass is 19.1. The molecule has 0 radical (unpaired) electrons. The quantitative estimate of drug-likeness (QED) is 0.781. The molecule has 3 rings (SSSR count). The molecule has 0 atom stereocenters. The predicted molar refractivity (Wildman–Crippen MR) is 96.5 cm³/mol. The Balaban J connectivity index is 1.43. The van der Waals surface area contributed by atoms with E-state index in [1.54, 1.807) is 30.3 Å². The van der Waals surface area contributed by atoms with Crippen LogP contribution in [0, 0.1) is 5.82 Å². The van der Waals surface area contributed by atoms with E-state index in [4.69, 9.17) is 4.74 Å². The summed E-state index contributed by atoms with van der Waals surface area (Å²) in [6, 6.07) is 9.63. The van der Waals surface area contributed by atoms with E-state index >= 15 is 0 Å². The fourth-order valence-corrected chi connectivity index (χ4v) is 2.66. The zero-order valence-corrected chi connectivity index (χ0v) is 14.4. The Morgan fingerprint density at radius 3 is 2.58 bits per heavy atom. The molecule has 1 aliphatic rings. The van der Waals surface area contributed by atoms with Gasteiger partial charge < -0.3 is 15.4 Å². The summed E-state index contributed by atoms with van der Waals surface area (Å²) in [4.78, 5) is 14.3. The second-order valence-corrected chi connectivity index (χ2v) is 6.00. The number of hydrogen-bond donors (Lipinski definition) is 2. The molecule has 0 aliphatic carbocycles. The largest absolute Gasteiger partial charge is 0.379 e. The van der Waals surface area contributed by atoms with Crippen molar-refractivity contribution in [2.24, 2.45) is 0 Å². The van der Waals surface area contributed by atoms with Crippen molar-refractivity contribution in [3.8, 4) is 0 Å². The van der Waals surface area contributed by atoms with Crippen LogP contribution in [0.25, 0.3) is 0 Å². The summed E-state index contributed by atoms with van der Waals surface area (Å²) in [6.07, 6.45) is -0.0477. The summed E-state index contributed by atoms with van der Waals surface area (Å²) in [5.41, 5.74) is 0.347.